The molecule has 0 saturated carbocycles. The first-order valence-electron chi connectivity index (χ1n) is 5.72. The lowest BCUT2D eigenvalue weighted by Gasteiger charge is -2.07. The van der Waals surface area contributed by atoms with Crippen LogP contribution in [0.5, 0.6) is 0 Å². The minimum Gasteiger partial charge on any atom is -0.393 e. The van der Waals surface area contributed by atoms with Crippen LogP contribution in [0.4, 0.5) is 0 Å². The number of aromatic nitrogens is 4. The van der Waals surface area contributed by atoms with Crippen LogP contribution < -0.4 is 11.2 Å². The van der Waals surface area contributed by atoms with Crippen molar-refractivity contribution in [1.82, 2.24) is 18.7 Å². The highest BCUT2D eigenvalue weighted by Gasteiger charge is 2.14. The summed E-state index contributed by atoms with van der Waals surface area (Å²) >= 11 is 0. The first-order valence-corrected chi connectivity index (χ1v) is 5.72. The van der Waals surface area contributed by atoms with Gasteiger partial charge < -0.3 is 9.67 Å². The Kier molecular flexibility index (Phi) is 3.08. The maximum Gasteiger partial charge on any atom is 0.332 e. The summed E-state index contributed by atoms with van der Waals surface area (Å²) in [5, 5.41) is 9.27. The molecular formula is C11H16N4O3. The molecule has 0 fully saturated rings. The summed E-state index contributed by atoms with van der Waals surface area (Å²) in [4.78, 5) is 27.9. The molecule has 0 aliphatic carbocycles. The molecule has 0 aliphatic rings. The van der Waals surface area contributed by atoms with Gasteiger partial charge in [-0.3, -0.25) is 13.9 Å². The van der Waals surface area contributed by atoms with Crippen LogP contribution in [0.1, 0.15) is 13.3 Å². The Balaban J connectivity index is 2.66. The fourth-order valence-corrected chi connectivity index (χ4v) is 1.89. The first kappa shape index (κ1) is 12.6. The molecule has 2 heterocycles. The van der Waals surface area contributed by atoms with Crippen molar-refractivity contribution in [2.75, 3.05) is 0 Å². The monoisotopic (exact) mass is 252 g/mol. The van der Waals surface area contributed by atoms with Gasteiger partial charge >= 0.3 is 5.69 Å². The Morgan fingerprint density at radius 1 is 1.33 bits per heavy atom. The number of nitrogens with zero attached hydrogens (tertiary/aromatic N) is 4. The molecule has 2 aromatic heterocycles. The van der Waals surface area contributed by atoms with E-state index >= 15 is 0 Å². The van der Waals surface area contributed by atoms with Crippen LogP contribution in [0.15, 0.2) is 15.9 Å². The average Bonchev–Trinajstić information content (AvgIpc) is 2.75. The molecule has 0 bridgehead atoms. The number of aliphatic hydroxyl groups excluding tert-OH is 1. The summed E-state index contributed by atoms with van der Waals surface area (Å²) in [5.74, 6) is 0. The third-order valence-corrected chi connectivity index (χ3v) is 3.00. The SMILES string of the molecule is CC(O)CCn1cnc2c1c(=O)n(C)c(=O)n2C. The first-order chi connectivity index (χ1) is 8.43. The lowest BCUT2D eigenvalue weighted by Crippen LogP contribution is -2.37. The van der Waals surface area contributed by atoms with Crippen LogP contribution in [0, 0.1) is 0 Å². The molecule has 1 atom stereocenters. The molecule has 98 valence electrons. The van der Waals surface area contributed by atoms with Gasteiger partial charge in [0.1, 0.15) is 0 Å². The van der Waals surface area contributed by atoms with Gasteiger partial charge in [0.15, 0.2) is 11.2 Å². The second kappa shape index (κ2) is 4.41. The Morgan fingerprint density at radius 2 is 2.00 bits per heavy atom. The molecular weight excluding hydrogens is 236 g/mol. The quantitative estimate of drug-likeness (QED) is 0.775. The zero-order chi connectivity index (χ0) is 13.4. The van der Waals surface area contributed by atoms with Crippen molar-refractivity contribution >= 4 is 11.2 Å². The average molecular weight is 252 g/mol. The number of fused-ring (bicyclic) bond motifs is 1. The van der Waals surface area contributed by atoms with Crippen molar-refractivity contribution in [1.29, 1.82) is 0 Å². The maximum atomic E-state index is 12.1. The molecule has 0 amide bonds. The van der Waals surface area contributed by atoms with E-state index in [0.29, 0.717) is 24.1 Å². The molecule has 7 heteroatoms. The topological polar surface area (TPSA) is 82.1 Å². The molecule has 0 aromatic carbocycles. The number of aliphatic hydroxyl groups is 1. The van der Waals surface area contributed by atoms with E-state index in [4.69, 9.17) is 0 Å². The van der Waals surface area contributed by atoms with E-state index in [-0.39, 0.29) is 5.56 Å². The summed E-state index contributed by atoms with van der Waals surface area (Å²) in [6.45, 7) is 2.18. The summed E-state index contributed by atoms with van der Waals surface area (Å²) in [6.07, 6.45) is 1.60. The molecule has 0 radical (unpaired) electrons. The van der Waals surface area contributed by atoms with Crippen molar-refractivity contribution < 1.29 is 5.11 Å². The maximum absolute atomic E-state index is 12.1. The molecule has 0 saturated heterocycles. The van der Waals surface area contributed by atoms with E-state index in [0.717, 1.165) is 4.57 Å². The number of hydrogen-bond acceptors (Lipinski definition) is 4. The van der Waals surface area contributed by atoms with Crippen LogP contribution in [0.25, 0.3) is 11.2 Å². The van der Waals surface area contributed by atoms with E-state index < -0.39 is 11.8 Å². The van der Waals surface area contributed by atoms with E-state index in [2.05, 4.69) is 4.98 Å². The smallest absolute Gasteiger partial charge is 0.332 e. The van der Waals surface area contributed by atoms with Crippen molar-refractivity contribution in [2.45, 2.75) is 26.0 Å². The van der Waals surface area contributed by atoms with Gasteiger partial charge in [-0.15, -0.1) is 0 Å². The highest BCUT2D eigenvalue weighted by Crippen LogP contribution is 2.06. The van der Waals surface area contributed by atoms with E-state index in [1.165, 1.54) is 17.9 Å². The van der Waals surface area contributed by atoms with Gasteiger partial charge in [0.25, 0.3) is 5.56 Å². The van der Waals surface area contributed by atoms with E-state index in [9.17, 15) is 14.7 Å². The summed E-state index contributed by atoms with van der Waals surface area (Å²) in [7, 11) is 3.02. The van der Waals surface area contributed by atoms with Crippen LogP contribution in [0.2, 0.25) is 0 Å². The summed E-state index contributed by atoms with van der Waals surface area (Å²) in [5.41, 5.74) is -0.00147. The fraction of sp³-hybridized carbons (Fsp3) is 0.545. The van der Waals surface area contributed by atoms with Crippen molar-refractivity contribution in [3.63, 3.8) is 0 Å². The van der Waals surface area contributed by atoms with Crippen molar-refractivity contribution in [3.8, 4) is 0 Å². The van der Waals surface area contributed by atoms with Crippen LogP contribution >= 0.6 is 0 Å². The van der Waals surface area contributed by atoms with Crippen LogP contribution in [-0.4, -0.2) is 29.9 Å². The third-order valence-electron chi connectivity index (χ3n) is 3.00. The predicted molar refractivity (Wildman–Crippen MR) is 66.5 cm³/mol. The highest BCUT2D eigenvalue weighted by atomic mass is 16.3. The van der Waals surface area contributed by atoms with Gasteiger partial charge in [-0.25, -0.2) is 9.78 Å². The van der Waals surface area contributed by atoms with Gasteiger partial charge in [0.05, 0.1) is 12.4 Å². The van der Waals surface area contributed by atoms with Crippen molar-refractivity contribution in [3.05, 3.63) is 27.2 Å². The van der Waals surface area contributed by atoms with Crippen LogP contribution in [0.3, 0.4) is 0 Å². The normalized spacial score (nSPS) is 13.1. The number of imidazole rings is 1. The van der Waals surface area contributed by atoms with Crippen LogP contribution in [-0.2, 0) is 20.6 Å². The Morgan fingerprint density at radius 3 is 2.61 bits per heavy atom. The Labute approximate surface area is 103 Å². The van der Waals surface area contributed by atoms with Gasteiger partial charge in [0.2, 0.25) is 0 Å². The van der Waals surface area contributed by atoms with Gasteiger partial charge in [0, 0.05) is 20.6 Å². The summed E-state index contributed by atoms with van der Waals surface area (Å²) < 4.78 is 4.07. The number of aryl methyl sites for hydroxylation is 2. The molecule has 1 unspecified atom stereocenters. The molecule has 0 aliphatic heterocycles. The highest BCUT2D eigenvalue weighted by molar-refractivity contribution is 5.69. The van der Waals surface area contributed by atoms with Gasteiger partial charge in [-0.1, -0.05) is 0 Å². The molecule has 2 aromatic rings. The van der Waals surface area contributed by atoms with E-state index in [1.54, 1.807) is 18.5 Å². The molecule has 1 N–H and O–H groups in total. The standard InChI is InChI=1S/C11H16N4O3/c1-7(16)4-5-15-6-12-9-8(15)10(17)14(3)11(18)13(9)2/h6-7,16H,4-5H2,1-3H3. The molecule has 18 heavy (non-hydrogen) atoms. The minimum absolute atomic E-state index is 0.365. The molecule has 0 spiro atoms. The number of rotatable bonds is 3. The Hall–Kier alpha value is -1.89. The molecule has 2 rings (SSSR count). The Bertz CT molecular complexity index is 693. The van der Waals surface area contributed by atoms with Gasteiger partial charge in [-0.2, -0.15) is 0 Å². The van der Waals surface area contributed by atoms with Gasteiger partial charge in [-0.05, 0) is 13.3 Å². The minimum atomic E-state index is -0.446. The summed E-state index contributed by atoms with van der Waals surface area (Å²) in [6, 6.07) is 0. The van der Waals surface area contributed by atoms with E-state index in [1.807, 2.05) is 0 Å². The van der Waals surface area contributed by atoms with Crippen molar-refractivity contribution in [2.24, 2.45) is 14.1 Å². The number of hydrogen-bond donors (Lipinski definition) is 1. The fourth-order valence-electron chi connectivity index (χ4n) is 1.89. The predicted octanol–water partition coefficient (Wildman–Crippen LogP) is -0.795. The lowest BCUT2D eigenvalue weighted by atomic mass is 10.3. The zero-order valence-corrected chi connectivity index (χ0v) is 10.6. The molecule has 7 nitrogen and oxygen atoms in total. The second-order valence-corrected chi connectivity index (χ2v) is 4.45. The lowest BCUT2D eigenvalue weighted by molar-refractivity contribution is 0.178. The third kappa shape index (κ3) is 1.86. The largest absolute Gasteiger partial charge is 0.393 e. The zero-order valence-electron chi connectivity index (χ0n) is 10.6. The second-order valence-electron chi connectivity index (χ2n) is 4.45.